The first-order valence-corrected chi connectivity index (χ1v) is 12.7. The molecule has 1 aromatic rings. The lowest BCUT2D eigenvalue weighted by Crippen LogP contribution is -2.27. The molecule has 0 aliphatic heterocycles. The second kappa shape index (κ2) is 8.98. The molecule has 1 aromatic carbocycles. The fourth-order valence-corrected chi connectivity index (χ4v) is 6.37. The third kappa shape index (κ3) is 4.90. The van der Waals surface area contributed by atoms with Crippen LogP contribution in [0.25, 0.3) is 6.08 Å². The first-order valence-electron chi connectivity index (χ1n) is 11.0. The van der Waals surface area contributed by atoms with Crippen LogP contribution in [0.15, 0.2) is 12.1 Å². The highest BCUT2D eigenvalue weighted by molar-refractivity contribution is 7.53. The van der Waals surface area contributed by atoms with E-state index < -0.39 is 19.0 Å². The van der Waals surface area contributed by atoms with E-state index in [1.165, 1.54) is 17.2 Å². The maximum Gasteiger partial charge on any atom is 0.336 e. The molecule has 0 saturated heterocycles. The summed E-state index contributed by atoms with van der Waals surface area (Å²) in [5.74, 6) is 0.269. The van der Waals surface area contributed by atoms with E-state index in [2.05, 4.69) is 26.8 Å². The highest BCUT2D eigenvalue weighted by Gasteiger charge is 2.41. The number of ketones is 1. The van der Waals surface area contributed by atoms with Crippen LogP contribution >= 0.6 is 7.60 Å². The van der Waals surface area contributed by atoms with E-state index >= 15 is 0 Å². The van der Waals surface area contributed by atoms with E-state index in [4.69, 9.17) is 4.74 Å². The number of ether oxygens (including phenoxy) is 1. The highest BCUT2D eigenvalue weighted by Crippen LogP contribution is 2.50. The third-order valence-electron chi connectivity index (χ3n) is 6.57. The summed E-state index contributed by atoms with van der Waals surface area (Å²) < 4.78 is 17.9. The minimum Gasteiger partial charge on any atom is -0.496 e. The Hall–Kier alpha value is -1.42. The summed E-state index contributed by atoms with van der Waals surface area (Å²) in [6.45, 7) is 6.42. The van der Waals surface area contributed by atoms with Crippen molar-refractivity contribution >= 4 is 19.5 Å². The average molecular weight is 435 g/mol. The van der Waals surface area contributed by atoms with Gasteiger partial charge >= 0.3 is 7.60 Å². The Kier molecular flexibility index (Phi) is 6.96. The molecular formula is C24H35O5P. The average Bonchev–Trinajstić information content (AvgIpc) is 3.17. The second-order valence-electron chi connectivity index (χ2n) is 9.77. The Morgan fingerprint density at radius 1 is 1.13 bits per heavy atom. The number of rotatable bonds is 6. The van der Waals surface area contributed by atoms with Gasteiger partial charge in [-0.15, -0.1) is 0 Å². The Bertz CT molecular complexity index is 869. The molecule has 5 nitrogen and oxygen atoms in total. The van der Waals surface area contributed by atoms with Crippen molar-refractivity contribution in [3.8, 4) is 5.75 Å². The predicted octanol–water partition coefficient (Wildman–Crippen LogP) is 5.19. The molecule has 1 fully saturated rings. The molecule has 1 atom stereocenters. The van der Waals surface area contributed by atoms with E-state index in [1.54, 1.807) is 13.2 Å². The van der Waals surface area contributed by atoms with Crippen molar-refractivity contribution in [1.29, 1.82) is 0 Å². The van der Waals surface area contributed by atoms with Crippen molar-refractivity contribution in [2.75, 3.05) is 7.11 Å². The molecule has 1 saturated carbocycles. The standard InChI is InChI=1S/C24H35O5P/c1-24(2,3)20-15-17(18-11-7-8-12-19(18)22(20)29-4)13-14-21(25)23(30(26,27)28)16-9-5-6-10-16/h13-16,23H,5-12H2,1-4H3,(H2,26,27,28)/b14-13+. The van der Waals surface area contributed by atoms with E-state index in [0.29, 0.717) is 12.8 Å². The van der Waals surface area contributed by atoms with Gasteiger partial charge in [-0.05, 0) is 78.7 Å². The molecule has 0 radical (unpaired) electrons. The molecule has 166 valence electrons. The van der Waals surface area contributed by atoms with Crippen molar-refractivity contribution in [3.05, 3.63) is 34.4 Å². The van der Waals surface area contributed by atoms with Crippen molar-refractivity contribution in [2.24, 2.45) is 5.92 Å². The van der Waals surface area contributed by atoms with Crippen LogP contribution in [-0.2, 0) is 27.6 Å². The monoisotopic (exact) mass is 434 g/mol. The van der Waals surface area contributed by atoms with Gasteiger partial charge < -0.3 is 14.5 Å². The van der Waals surface area contributed by atoms with Crippen molar-refractivity contribution in [2.45, 2.75) is 83.2 Å². The maximum atomic E-state index is 12.9. The Labute approximate surface area is 180 Å². The molecule has 2 aliphatic rings. The minimum absolute atomic E-state index is 0.122. The van der Waals surface area contributed by atoms with E-state index in [0.717, 1.165) is 55.4 Å². The van der Waals surface area contributed by atoms with Crippen LogP contribution in [-0.4, -0.2) is 28.3 Å². The number of methoxy groups -OCH3 is 1. The SMILES string of the molecule is COc1c(C(C)(C)C)cc(/C=C/C(=O)C(C2CCCC2)P(=O)(O)O)c2c1CCCC2. The van der Waals surface area contributed by atoms with Crippen molar-refractivity contribution in [1.82, 2.24) is 0 Å². The summed E-state index contributed by atoms with van der Waals surface area (Å²) in [6.07, 6.45) is 10.5. The maximum absolute atomic E-state index is 12.9. The zero-order valence-corrected chi connectivity index (χ0v) is 19.5. The summed E-state index contributed by atoms with van der Waals surface area (Å²) in [5, 5.41) is 0. The number of hydrogen-bond acceptors (Lipinski definition) is 3. The van der Waals surface area contributed by atoms with Gasteiger partial charge in [-0.25, -0.2) is 0 Å². The number of benzene rings is 1. The van der Waals surface area contributed by atoms with Gasteiger partial charge in [0.1, 0.15) is 11.4 Å². The second-order valence-corrected chi connectivity index (χ2v) is 11.5. The zero-order chi connectivity index (χ0) is 22.1. The molecular weight excluding hydrogens is 399 g/mol. The van der Waals surface area contributed by atoms with Crippen LogP contribution in [0.3, 0.4) is 0 Å². The molecule has 30 heavy (non-hydrogen) atoms. The van der Waals surface area contributed by atoms with Gasteiger partial charge in [0.05, 0.1) is 7.11 Å². The molecule has 0 heterocycles. The normalized spacial score (nSPS) is 19.1. The minimum atomic E-state index is -4.49. The molecule has 3 rings (SSSR count). The van der Waals surface area contributed by atoms with Crippen LogP contribution < -0.4 is 4.74 Å². The van der Waals surface area contributed by atoms with Crippen molar-refractivity contribution < 1.29 is 23.9 Å². The van der Waals surface area contributed by atoms with Crippen LogP contribution in [0.4, 0.5) is 0 Å². The van der Waals surface area contributed by atoms with Gasteiger partial charge in [0.15, 0.2) is 5.78 Å². The Morgan fingerprint density at radius 2 is 1.73 bits per heavy atom. The largest absolute Gasteiger partial charge is 0.496 e. The van der Waals surface area contributed by atoms with Crippen LogP contribution in [0, 0.1) is 5.92 Å². The molecule has 0 aromatic heterocycles. The van der Waals surface area contributed by atoms with Gasteiger partial charge in [-0.3, -0.25) is 9.36 Å². The summed E-state index contributed by atoms with van der Waals surface area (Å²) in [4.78, 5) is 32.6. The molecule has 0 bridgehead atoms. The number of allylic oxidation sites excluding steroid dienone is 1. The predicted molar refractivity (Wildman–Crippen MR) is 120 cm³/mol. The number of carbonyl (C=O) groups is 1. The molecule has 0 amide bonds. The number of fused-ring (bicyclic) bond motifs is 1. The molecule has 2 N–H and O–H groups in total. The summed E-state index contributed by atoms with van der Waals surface area (Å²) in [7, 11) is -2.78. The molecule has 2 aliphatic carbocycles. The van der Waals surface area contributed by atoms with Gasteiger partial charge in [0.2, 0.25) is 0 Å². The van der Waals surface area contributed by atoms with E-state index in [-0.39, 0.29) is 11.3 Å². The Morgan fingerprint density at radius 3 is 2.27 bits per heavy atom. The fraction of sp³-hybridized carbons (Fsp3) is 0.625. The summed E-state index contributed by atoms with van der Waals surface area (Å²) in [6, 6.07) is 2.09. The number of hydrogen-bond donors (Lipinski definition) is 2. The quantitative estimate of drug-likeness (QED) is 0.475. The van der Waals surface area contributed by atoms with Crippen LogP contribution in [0.2, 0.25) is 0 Å². The lowest BCUT2D eigenvalue weighted by Gasteiger charge is -2.29. The third-order valence-corrected chi connectivity index (χ3v) is 7.98. The zero-order valence-electron chi connectivity index (χ0n) is 18.6. The lowest BCUT2D eigenvalue weighted by atomic mass is 9.78. The Balaban J connectivity index is 2.01. The smallest absolute Gasteiger partial charge is 0.336 e. The van der Waals surface area contributed by atoms with Gasteiger partial charge in [0.25, 0.3) is 0 Å². The number of carbonyl (C=O) groups excluding carboxylic acids is 1. The topological polar surface area (TPSA) is 83.8 Å². The fourth-order valence-electron chi connectivity index (χ4n) is 5.10. The van der Waals surface area contributed by atoms with Gasteiger partial charge in [-0.1, -0.05) is 39.7 Å². The first-order chi connectivity index (χ1) is 14.0. The molecule has 0 spiro atoms. The summed E-state index contributed by atoms with van der Waals surface area (Å²) in [5.41, 5.74) is 3.14. The van der Waals surface area contributed by atoms with Crippen LogP contribution in [0.1, 0.15) is 81.5 Å². The summed E-state index contributed by atoms with van der Waals surface area (Å²) >= 11 is 0. The van der Waals surface area contributed by atoms with E-state index in [9.17, 15) is 19.1 Å². The first kappa shape index (κ1) is 23.2. The van der Waals surface area contributed by atoms with Gasteiger partial charge in [-0.2, -0.15) is 0 Å². The van der Waals surface area contributed by atoms with Crippen LogP contribution in [0.5, 0.6) is 5.75 Å². The van der Waals surface area contributed by atoms with Crippen molar-refractivity contribution in [3.63, 3.8) is 0 Å². The lowest BCUT2D eigenvalue weighted by molar-refractivity contribution is -0.115. The van der Waals surface area contributed by atoms with E-state index in [1.807, 2.05) is 0 Å². The van der Waals surface area contributed by atoms with Gasteiger partial charge in [0, 0.05) is 5.56 Å². The molecule has 1 unspecified atom stereocenters. The molecule has 6 heteroatoms. The highest BCUT2D eigenvalue weighted by atomic mass is 31.2.